The maximum atomic E-state index is 12.6. The largest absolute Gasteiger partial charge is 0.462 e. The third kappa shape index (κ3) is 38.9. The van der Waals surface area contributed by atoms with E-state index in [0.29, 0.717) is 19.3 Å². The summed E-state index contributed by atoms with van der Waals surface area (Å²) in [6.07, 6.45) is 45.7. The lowest BCUT2D eigenvalue weighted by atomic mass is 10.1. The van der Waals surface area contributed by atoms with Crippen molar-refractivity contribution in [1.29, 1.82) is 0 Å². The molecule has 0 saturated heterocycles. The molecule has 0 saturated carbocycles. The van der Waals surface area contributed by atoms with Gasteiger partial charge in [-0.2, -0.15) is 0 Å². The van der Waals surface area contributed by atoms with Gasteiger partial charge in [0, 0.05) is 19.3 Å². The Hall–Kier alpha value is -2.37. The Morgan fingerprint density at radius 1 is 0.385 bits per heavy atom. The Balaban J connectivity index is 4.38. The van der Waals surface area contributed by atoms with Gasteiger partial charge in [-0.15, -0.1) is 0 Å². The van der Waals surface area contributed by atoms with Crippen LogP contribution in [-0.2, 0) is 28.6 Å². The van der Waals surface area contributed by atoms with Crippen molar-refractivity contribution in [3.63, 3.8) is 0 Å². The van der Waals surface area contributed by atoms with Crippen LogP contribution in [0.3, 0.4) is 0 Å². The molecular formula is C46H82O6. The number of allylic oxidation sites excluding steroid dienone is 6. The van der Waals surface area contributed by atoms with Gasteiger partial charge in [0.15, 0.2) is 6.10 Å². The fourth-order valence-corrected chi connectivity index (χ4v) is 6.02. The van der Waals surface area contributed by atoms with Gasteiger partial charge in [-0.05, 0) is 64.2 Å². The molecule has 0 amide bonds. The molecule has 6 heteroatoms. The van der Waals surface area contributed by atoms with Crippen molar-refractivity contribution in [2.75, 3.05) is 13.2 Å². The summed E-state index contributed by atoms with van der Waals surface area (Å²) >= 11 is 0. The number of rotatable bonds is 39. The standard InChI is InChI=1S/C46H82O6/c1-4-7-10-13-16-19-20-21-22-23-24-25-28-30-33-36-39-45(48)51-42-43(52-46(49)40-37-34-31-27-18-15-12-9-6-3)41-50-44(47)38-35-32-29-26-17-14-11-8-5-2/h22-25,27,31,43H,4-21,26,28-30,32-42H2,1-3H3/b23-22-,25-24-,31-27-. The fourth-order valence-electron chi connectivity index (χ4n) is 6.02. The van der Waals surface area contributed by atoms with E-state index in [4.69, 9.17) is 14.2 Å². The molecule has 0 fully saturated rings. The van der Waals surface area contributed by atoms with Gasteiger partial charge >= 0.3 is 17.9 Å². The molecule has 0 radical (unpaired) electrons. The molecule has 302 valence electrons. The first-order valence-corrected chi connectivity index (χ1v) is 22.0. The zero-order valence-electron chi connectivity index (χ0n) is 34.3. The maximum absolute atomic E-state index is 12.6. The minimum atomic E-state index is -0.790. The normalized spacial score (nSPS) is 12.3. The molecule has 52 heavy (non-hydrogen) atoms. The molecule has 0 aliphatic carbocycles. The average molecular weight is 731 g/mol. The summed E-state index contributed by atoms with van der Waals surface area (Å²) in [5.74, 6) is -0.958. The van der Waals surface area contributed by atoms with E-state index in [1.54, 1.807) is 0 Å². The number of esters is 3. The third-order valence-corrected chi connectivity index (χ3v) is 9.40. The minimum absolute atomic E-state index is 0.0905. The lowest BCUT2D eigenvalue weighted by Crippen LogP contribution is -2.30. The highest BCUT2D eigenvalue weighted by Crippen LogP contribution is 2.13. The van der Waals surface area contributed by atoms with Gasteiger partial charge in [0.1, 0.15) is 13.2 Å². The van der Waals surface area contributed by atoms with Crippen LogP contribution in [0.5, 0.6) is 0 Å². The van der Waals surface area contributed by atoms with Gasteiger partial charge in [-0.25, -0.2) is 0 Å². The first-order chi connectivity index (χ1) is 25.5. The van der Waals surface area contributed by atoms with E-state index in [9.17, 15) is 14.4 Å². The second-order valence-electron chi connectivity index (χ2n) is 14.6. The van der Waals surface area contributed by atoms with Crippen LogP contribution in [0.25, 0.3) is 0 Å². The third-order valence-electron chi connectivity index (χ3n) is 9.40. The van der Waals surface area contributed by atoms with Gasteiger partial charge in [-0.3, -0.25) is 14.4 Å². The summed E-state index contributed by atoms with van der Waals surface area (Å²) in [4.78, 5) is 37.5. The topological polar surface area (TPSA) is 78.9 Å². The second-order valence-corrected chi connectivity index (χ2v) is 14.6. The first-order valence-electron chi connectivity index (χ1n) is 22.0. The number of unbranched alkanes of at least 4 members (excludes halogenated alkanes) is 23. The maximum Gasteiger partial charge on any atom is 0.306 e. The number of carbonyl (C=O) groups is 3. The van der Waals surface area contributed by atoms with Crippen LogP contribution in [0.1, 0.15) is 220 Å². The average Bonchev–Trinajstić information content (AvgIpc) is 3.14. The lowest BCUT2D eigenvalue weighted by molar-refractivity contribution is -0.167. The van der Waals surface area contributed by atoms with Gasteiger partial charge in [-0.1, -0.05) is 173 Å². The van der Waals surface area contributed by atoms with E-state index >= 15 is 0 Å². The van der Waals surface area contributed by atoms with Crippen molar-refractivity contribution < 1.29 is 28.6 Å². The summed E-state index contributed by atoms with van der Waals surface area (Å²) < 4.78 is 16.6. The number of carbonyl (C=O) groups excluding carboxylic acids is 3. The summed E-state index contributed by atoms with van der Waals surface area (Å²) in [5.41, 5.74) is 0. The monoisotopic (exact) mass is 731 g/mol. The van der Waals surface area contributed by atoms with E-state index in [2.05, 4.69) is 57.2 Å². The molecule has 0 aromatic heterocycles. The molecule has 0 aliphatic rings. The van der Waals surface area contributed by atoms with Gasteiger partial charge < -0.3 is 14.2 Å². The highest BCUT2D eigenvalue weighted by Gasteiger charge is 2.19. The van der Waals surface area contributed by atoms with Crippen LogP contribution < -0.4 is 0 Å². The number of ether oxygens (including phenoxy) is 3. The Bertz CT molecular complexity index is 891. The predicted octanol–water partition coefficient (Wildman–Crippen LogP) is 13.8. The van der Waals surface area contributed by atoms with E-state index in [-0.39, 0.29) is 37.5 Å². The molecule has 0 rings (SSSR count). The highest BCUT2D eigenvalue weighted by molar-refractivity contribution is 5.71. The van der Waals surface area contributed by atoms with Crippen LogP contribution in [0.2, 0.25) is 0 Å². The van der Waals surface area contributed by atoms with Crippen molar-refractivity contribution in [1.82, 2.24) is 0 Å². The Kier molecular flexibility index (Phi) is 39.5. The Morgan fingerprint density at radius 3 is 1.17 bits per heavy atom. The molecule has 0 bridgehead atoms. The predicted molar refractivity (Wildman–Crippen MR) is 219 cm³/mol. The van der Waals surface area contributed by atoms with Crippen LogP contribution in [0.15, 0.2) is 36.5 Å². The summed E-state index contributed by atoms with van der Waals surface area (Å²) in [6, 6.07) is 0. The summed E-state index contributed by atoms with van der Waals surface area (Å²) in [6.45, 7) is 6.52. The Labute approximate surface area is 321 Å². The van der Waals surface area contributed by atoms with E-state index in [0.717, 1.165) is 64.2 Å². The van der Waals surface area contributed by atoms with E-state index < -0.39 is 6.10 Å². The van der Waals surface area contributed by atoms with Gasteiger partial charge in [0.2, 0.25) is 0 Å². The van der Waals surface area contributed by atoms with E-state index in [1.165, 1.54) is 109 Å². The molecule has 1 unspecified atom stereocenters. The zero-order chi connectivity index (χ0) is 38.0. The van der Waals surface area contributed by atoms with Gasteiger partial charge in [0.25, 0.3) is 0 Å². The van der Waals surface area contributed by atoms with Crippen molar-refractivity contribution in [2.45, 2.75) is 226 Å². The molecular weight excluding hydrogens is 649 g/mol. The number of hydrogen-bond acceptors (Lipinski definition) is 6. The van der Waals surface area contributed by atoms with Crippen LogP contribution in [-0.4, -0.2) is 37.2 Å². The van der Waals surface area contributed by atoms with Crippen molar-refractivity contribution >= 4 is 17.9 Å². The Morgan fingerprint density at radius 2 is 0.712 bits per heavy atom. The molecule has 0 aromatic carbocycles. The smallest absolute Gasteiger partial charge is 0.306 e. The van der Waals surface area contributed by atoms with Crippen LogP contribution >= 0.6 is 0 Å². The lowest BCUT2D eigenvalue weighted by Gasteiger charge is -2.18. The zero-order valence-corrected chi connectivity index (χ0v) is 34.3. The van der Waals surface area contributed by atoms with Crippen LogP contribution in [0.4, 0.5) is 0 Å². The fraction of sp³-hybridized carbons (Fsp3) is 0.804. The van der Waals surface area contributed by atoms with E-state index in [1.807, 2.05) is 0 Å². The van der Waals surface area contributed by atoms with Crippen molar-refractivity contribution in [3.05, 3.63) is 36.5 Å². The SMILES string of the molecule is CCCCCC/C=C\CCCC(=O)OC(COC(=O)CCCCC/C=C\C=C/CCCCCCCCC)COC(=O)CCCCCCCCCCC. The van der Waals surface area contributed by atoms with Gasteiger partial charge in [0.05, 0.1) is 0 Å². The molecule has 1 atom stereocenters. The first kappa shape index (κ1) is 49.6. The molecule has 0 aliphatic heterocycles. The molecule has 0 aromatic rings. The highest BCUT2D eigenvalue weighted by atomic mass is 16.6. The quantitative estimate of drug-likeness (QED) is 0.0206. The second kappa shape index (κ2) is 41.4. The van der Waals surface area contributed by atoms with Crippen molar-refractivity contribution in [3.8, 4) is 0 Å². The molecule has 0 N–H and O–H groups in total. The molecule has 0 spiro atoms. The van der Waals surface area contributed by atoms with Crippen molar-refractivity contribution in [2.24, 2.45) is 0 Å². The molecule has 6 nitrogen and oxygen atoms in total. The number of hydrogen-bond donors (Lipinski definition) is 0. The summed E-state index contributed by atoms with van der Waals surface area (Å²) in [5, 5.41) is 0. The van der Waals surface area contributed by atoms with Crippen LogP contribution in [0, 0.1) is 0 Å². The minimum Gasteiger partial charge on any atom is -0.462 e. The molecule has 0 heterocycles. The summed E-state index contributed by atoms with van der Waals surface area (Å²) in [7, 11) is 0.